The molecule has 0 aliphatic heterocycles. The molecule has 0 radical (unpaired) electrons. The summed E-state index contributed by atoms with van der Waals surface area (Å²) in [6.45, 7) is 0.364. The first-order valence-corrected chi connectivity index (χ1v) is 7.03. The number of nitrogens with zero attached hydrogens (tertiary/aromatic N) is 2. The summed E-state index contributed by atoms with van der Waals surface area (Å²) in [4.78, 5) is 0. The van der Waals surface area contributed by atoms with Crippen LogP contribution in [0.3, 0.4) is 0 Å². The van der Waals surface area contributed by atoms with Crippen LogP contribution < -0.4 is 0 Å². The molecule has 0 aliphatic rings. The molecule has 0 N–H and O–H groups in total. The fraction of sp³-hybridized carbons (Fsp3) is 0.0714. The smallest absolute Gasteiger partial charge is 0.110 e. The van der Waals surface area contributed by atoms with Crippen LogP contribution >= 0.6 is 31.9 Å². The summed E-state index contributed by atoms with van der Waals surface area (Å²) in [7, 11) is 0. The van der Waals surface area contributed by atoms with Gasteiger partial charge in [-0.05, 0) is 36.4 Å². The van der Waals surface area contributed by atoms with Gasteiger partial charge >= 0.3 is 0 Å². The predicted molar refractivity (Wildman–Crippen MR) is 80.5 cm³/mol. The summed E-state index contributed by atoms with van der Waals surface area (Å²) >= 11 is 7.00. The largest absolute Gasteiger partial charge is 0.326 e. The predicted octanol–water partition coefficient (Wildman–Crippen LogP) is 4.84. The number of hydrogen-bond acceptors (Lipinski definition) is 1. The van der Waals surface area contributed by atoms with Crippen molar-refractivity contribution in [3.8, 4) is 6.07 Å². The molecule has 2 aromatic carbocycles. The summed E-state index contributed by atoms with van der Waals surface area (Å²) in [5.74, 6) is 0. The fourth-order valence-corrected chi connectivity index (χ4v) is 3.01. The number of halogens is 2. The van der Waals surface area contributed by atoms with Crippen LogP contribution in [0.2, 0.25) is 0 Å². The van der Waals surface area contributed by atoms with Crippen LogP contribution in [0.25, 0.3) is 21.8 Å². The summed E-state index contributed by atoms with van der Waals surface area (Å²) < 4.78 is 4.14. The molecule has 3 aromatic rings. The molecule has 0 atom stereocenters. The zero-order chi connectivity index (χ0) is 12.7. The van der Waals surface area contributed by atoms with E-state index in [0.717, 1.165) is 30.8 Å². The van der Waals surface area contributed by atoms with Gasteiger partial charge < -0.3 is 4.57 Å². The molecule has 0 amide bonds. The molecule has 0 fully saturated rings. The van der Waals surface area contributed by atoms with Crippen LogP contribution in [0.4, 0.5) is 0 Å². The Labute approximate surface area is 121 Å². The van der Waals surface area contributed by atoms with E-state index in [0.29, 0.717) is 6.54 Å². The van der Waals surface area contributed by atoms with Gasteiger partial charge in [-0.1, -0.05) is 31.9 Å². The standard InChI is InChI=1S/C14H8Br2N2/c15-9-1-3-13-11(7-9)12-8-10(16)2-4-14(12)18(13)6-5-17/h1-4,7-8H,6H2. The quantitative estimate of drug-likeness (QED) is 0.607. The molecule has 88 valence electrons. The minimum absolute atomic E-state index is 0.364. The van der Waals surface area contributed by atoms with E-state index < -0.39 is 0 Å². The lowest BCUT2D eigenvalue weighted by Crippen LogP contribution is -1.94. The van der Waals surface area contributed by atoms with Crippen LogP contribution in [0.1, 0.15) is 0 Å². The summed E-state index contributed by atoms with van der Waals surface area (Å²) in [5, 5.41) is 11.3. The molecule has 0 bridgehead atoms. The highest BCUT2D eigenvalue weighted by Crippen LogP contribution is 2.32. The van der Waals surface area contributed by atoms with Crippen LogP contribution in [-0.4, -0.2) is 4.57 Å². The Morgan fingerprint density at radius 3 is 1.89 bits per heavy atom. The molecule has 3 rings (SSSR count). The third kappa shape index (κ3) is 1.75. The van der Waals surface area contributed by atoms with E-state index in [2.05, 4.69) is 50.1 Å². The van der Waals surface area contributed by atoms with Gasteiger partial charge in [0.2, 0.25) is 0 Å². The van der Waals surface area contributed by atoms with E-state index >= 15 is 0 Å². The lowest BCUT2D eigenvalue weighted by molar-refractivity contribution is 0.910. The van der Waals surface area contributed by atoms with Crippen LogP contribution in [-0.2, 0) is 6.54 Å². The minimum Gasteiger partial charge on any atom is -0.326 e. The van der Waals surface area contributed by atoms with E-state index in [1.54, 1.807) is 0 Å². The maximum atomic E-state index is 8.98. The van der Waals surface area contributed by atoms with Crippen molar-refractivity contribution in [3.63, 3.8) is 0 Å². The van der Waals surface area contributed by atoms with Gasteiger partial charge in [0.15, 0.2) is 0 Å². The molecule has 0 spiro atoms. The molecule has 1 aromatic heterocycles. The van der Waals surface area contributed by atoms with Crippen molar-refractivity contribution in [2.24, 2.45) is 0 Å². The van der Waals surface area contributed by atoms with Crippen LogP contribution in [0.5, 0.6) is 0 Å². The first kappa shape index (κ1) is 11.8. The van der Waals surface area contributed by atoms with E-state index in [-0.39, 0.29) is 0 Å². The topological polar surface area (TPSA) is 28.7 Å². The number of aromatic nitrogens is 1. The van der Waals surface area contributed by atoms with Gasteiger partial charge in [-0.3, -0.25) is 0 Å². The molecule has 4 heteroatoms. The van der Waals surface area contributed by atoms with Crippen molar-refractivity contribution >= 4 is 53.7 Å². The van der Waals surface area contributed by atoms with Gasteiger partial charge in [0.25, 0.3) is 0 Å². The number of hydrogen-bond donors (Lipinski definition) is 0. The van der Waals surface area contributed by atoms with Gasteiger partial charge in [0.1, 0.15) is 6.54 Å². The summed E-state index contributed by atoms with van der Waals surface area (Å²) in [5.41, 5.74) is 2.18. The zero-order valence-electron chi connectivity index (χ0n) is 9.32. The first-order valence-electron chi connectivity index (χ1n) is 5.44. The summed E-state index contributed by atoms with van der Waals surface area (Å²) in [6.07, 6.45) is 0. The second-order valence-corrected chi connectivity index (χ2v) is 5.90. The first-order chi connectivity index (χ1) is 8.70. The average Bonchev–Trinajstić information content (AvgIpc) is 2.64. The Morgan fingerprint density at radius 2 is 1.44 bits per heavy atom. The molecule has 0 saturated heterocycles. The molecular weight excluding hydrogens is 356 g/mol. The Kier molecular flexibility index (Phi) is 2.89. The van der Waals surface area contributed by atoms with Gasteiger partial charge in [-0.15, -0.1) is 0 Å². The molecule has 2 nitrogen and oxygen atoms in total. The maximum absolute atomic E-state index is 8.98. The van der Waals surface area contributed by atoms with Crippen LogP contribution in [0, 0.1) is 11.3 Å². The fourth-order valence-electron chi connectivity index (χ4n) is 2.29. The van der Waals surface area contributed by atoms with Crippen molar-refractivity contribution in [2.45, 2.75) is 6.54 Å². The number of rotatable bonds is 1. The van der Waals surface area contributed by atoms with Gasteiger partial charge in [-0.25, -0.2) is 0 Å². The minimum atomic E-state index is 0.364. The maximum Gasteiger partial charge on any atom is 0.110 e. The Hall–Kier alpha value is -1.31. The second-order valence-electron chi connectivity index (χ2n) is 4.07. The molecule has 0 unspecified atom stereocenters. The zero-order valence-corrected chi connectivity index (χ0v) is 12.5. The highest BCUT2D eigenvalue weighted by Gasteiger charge is 2.10. The molecule has 18 heavy (non-hydrogen) atoms. The van der Waals surface area contributed by atoms with Crippen molar-refractivity contribution in [2.75, 3.05) is 0 Å². The number of nitriles is 1. The van der Waals surface area contributed by atoms with Crippen LogP contribution in [0.15, 0.2) is 45.3 Å². The second kappa shape index (κ2) is 4.42. The highest BCUT2D eigenvalue weighted by atomic mass is 79.9. The number of fused-ring (bicyclic) bond motifs is 3. The average molecular weight is 364 g/mol. The van der Waals surface area contributed by atoms with E-state index in [1.165, 1.54) is 0 Å². The van der Waals surface area contributed by atoms with Crippen molar-refractivity contribution in [3.05, 3.63) is 45.3 Å². The monoisotopic (exact) mass is 362 g/mol. The van der Waals surface area contributed by atoms with Gasteiger partial charge in [0, 0.05) is 19.7 Å². The third-order valence-corrected chi connectivity index (χ3v) is 4.00. The van der Waals surface area contributed by atoms with Gasteiger partial charge in [-0.2, -0.15) is 5.26 Å². The van der Waals surface area contributed by atoms with Crippen molar-refractivity contribution in [1.82, 2.24) is 4.57 Å². The van der Waals surface area contributed by atoms with Crippen molar-refractivity contribution < 1.29 is 0 Å². The molecule has 0 aliphatic carbocycles. The third-order valence-electron chi connectivity index (χ3n) is 3.02. The Bertz CT molecular complexity index is 738. The Morgan fingerprint density at radius 1 is 0.944 bits per heavy atom. The van der Waals surface area contributed by atoms with Gasteiger partial charge in [0.05, 0.1) is 17.1 Å². The van der Waals surface area contributed by atoms with E-state index in [9.17, 15) is 0 Å². The lowest BCUT2D eigenvalue weighted by atomic mass is 10.2. The van der Waals surface area contributed by atoms with Crippen molar-refractivity contribution in [1.29, 1.82) is 5.26 Å². The normalized spacial score (nSPS) is 10.9. The molecule has 0 saturated carbocycles. The van der Waals surface area contributed by atoms with E-state index in [4.69, 9.17) is 5.26 Å². The SMILES string of the molecule is N#CCn1c2ccc(Br)cc2c2cc(Br)ccc21. The number of benzene rings is 2. The Balaban J connectivity index is 2.53. The van der Waals surface area contributed by atoms with E-state index in [1.807, 2.05) is 28.8 Å². The lowest BCUT2D eigenvalue weighted by Gasteiger charge is -2.00. The molecular formula is C14H8Br2N2. The highest BCUT2D eigenvalue weighted by molar-refractivity contribution is 9.10. The molecule has 1 heterocycles. The summed E-state index contributed by atoms with van der Waals surface area (Å²) in [6, 6.07) is 14.5.